The standard InChI is InChI=1S/C12H18FN/c1-2-10-6-7-12(13)9-11(10)5-3-4-8-14/h6-7,9H,2-5,8,14H2,1H3. The normalized spacial score (nSPS) is 10.5. The average Bonchev–Trinajstić information content (AvgIpc) is 2.19. The van der Waals surface area contributed by atoms with Crippen molar-refractivity contribution >= 4 is 0 Å². The van der Waals surface area contributed by atoms with Crippen molar-refractivity contribution in [3.8, 4) is 0 Å². The molecule has 0 unspecified atom stereocenters. The van der Waals surface area contributed by atoms with Crippen LogP contribution in [0, 0.1) is 5.82 Å². The third kappa shape index (κ3) is 3.11. The number of hydrogen-bond donors (Lipinski definition) is 1. The Bertz CT molecular complexity index is 284. The van der Waals surface area contributed by atoms with E-state index in [1.54, 1.807) is 6.07 Å². The van der Waals surface area contributed by atoms with Gasteiger partial charge < -0.3 is 5.73 Å². The summed E-state index contributed by atoms with van der Waals surface area (Å²) in [4.78, 5) is 0. The molecule has 0 saturated heterocycles. The zero-order valence-electron chi connectivity index (χ0n) is 8.72. The van der Waals surface area contributed by atoms with Gasteiger partial charge in [0.05, 0.1) is 0 Å². The van der Waals surface area contributed by atoms with Crippen molar-refractivity contribution < 1.29 is 4.39 Å². The summed E-state index contributed by atoms with van der Waals surface area (Å²) in [5.74, 6) is -0.134. The Hall–Kier alpha value is -0.890. The SMILES string of the molecule is CCc1ccc(F)cc1CCCCN. The minimum Gasteiger partial charge on any atom is -0.330 e. The summed E-state index contributed by atoms with van der Waals surface area (Å²) in [6, 6.07) is 5.06. The van der Waals surface area contributed by atoms with Crippen molar-refractivity contribution in [2.24, 2.45) is 5.73 Å². The first-order valence-electron chi connectivity index (χ1n) is 5.25. The Morgan fingerprint density at radius 1 is 1.21 bits per heavy atom. The molecule has 0 spiro atoms. The molecule has 0 aliphatic rings. The fourth-order valence-electron chi connectivity index (χ4n) is 1.63. The summed E-state index contributed by atoms with van der Waals surface area (Å²) in [5, 5.41) is 0. The summed E-state index contributed by atoms with van der Waals surface area (Å²) in [5.41, 5.74) is 7.81. The monoisotopic (exact) mass is 195 g/mol. The lowest BCUT2D eigenvalue weighted by molar-refractivity contribution is 0.622. The van der Waals surface area contributed by atoms with E-state index >= 15 is 0 Å². The van der Waals surface area contributed by atoms with Crippen molar-refractivity contribution in [1.29, 1.82) is 0 Å². The molecule has 14 heavy (non-hydrogen) atoms. The van der Waals surface area contributed by atoms with Crippen molar-refractivity contribution in [3.05, 3.63) is 35.1 Å². The van der Waals surface area contributed by atoms with Crippen molar-refractivity contribution in [2.75, 3.05) is 6.54 Å². The lowest BCUT2D eigenvalue weighted by atomic mass is 10.00. The lowest BCUT2D eigenvalue weighted by Crippen LogP contribution is -2.00. The lowest BCUT2D eigenvalue weighted by Gasteiger charge is -2.07. The van der Waals surface area contributed by atoms with Crippen molar-refractivity contribution in [3.63, 3.8) is 0 Å². The average molecular weight is 195 g/mol. The van der Waals surface area contributed by atoms with Gasteiger partial charge in [-0.25, -0.2) is 4.39 Å². The molecule has 0 fully saturated rings. The highest BCUT2D eigenvalue weighted by atomic mass is 19.1. The zero-order valence-corrected chi connectivity index (χ0v) is 8.72. The summed E-state index contributed by atoms with van der Waals surface area (Å²) in [6.07, 6.45) is 3.98. The van der Waals surface area contributed by atoms with E-state index in [2.05, 4.69) is 6.92 Å². The van der Waals surface area contributed by atoms with Crippen LogP contribution in [0.3, 0.4) is 0 Å². The number of hydrogen-bond acceptors (Lipinski definition) is 1. The van der Waals surface area contributed by atoms with Gasteiger partial charge in [-0.3, -0.25) is 0 Å². The Kier molecular flexibility index (Phi) is 4.60. The van der Waals surface area contributed by atoms with Gasteiger partial charge in [0.25, 0.3) is 0 Å². The van der Waals surface area contributed by atoms with E-state index in [-0.39, 0.29) is 5.82 Å². The summed E-state index contributed by atoms with van der Waals surface area (Å²) in [7, 11) is 0. The molecule has 0 amide bonds. The number of halogens is 1. The van der Waals surface area contributed by atoms with Crippen LogP contribution >= 0.6 is 0 Å². The van der Waals surface area contributed by atoms with Crippen LogP contribution < -0.4 is 5.73 Å². The van der Waals surface area contributed by atoms with E-state index in [1.807, 2.05) is 6.07 Å². The van der Waals surface area contributed by atoms with Gasteiger partial charge in [0, 0.05) is 0 Å². The first-order valence-corrected chi connectivity index (χ1v) is 5.25. The second kappa shape index (κ2) is 5.76. The number of unbranched alkanes of at least 4 members (excludes halogenated alkanes) is 1. The summed E-state index contributed by atoms with van der Waals surface area (Å²) in [6.45, 7) is 2.82. The molecule has 0 radical (unpaired) electrons. The molecule has 0 atom stereocenters. The molecule has 0 heterocycles. The van der Waals surface area contributed by atoms with E-state index in [9.17, 15) is 4.39 Å². The van der Waals surface area contributed by atoms with E-state index in [1.165, 1.54) is 11.6 Å². The van der Waals surface area contributed by atoms with Crippen molar-refractivity contribution in [2.45, 2.75) is 32.6 Å². The molecule has 1 rings (SSSR count). The molecule has 0 aliphatic heterocycles. The van der Waals surface area contributed by atoms with Crippen molar-refractivity contribution in [1.82, 2.24) is 0 Å². The minimum absolute atomic E-state index is 0.134. The van der Waals surface area contributed by atoms with Crippen LogP contribution in [-0.2, 0) is 12.8 Å². The Morgan fingerprint density at radius 3 is 2.64 bits per heavy atom. The molecule has 1 nitrogen and oxygen atoms in total. The molecule has 2 heteroatoms. The van der Waals surface area contributed by atoms with Gasteiger partial charge in [0.2, 0.25) is 0 Å². The Balaban J connectivity index is 2.67. The molecule has 0 bridgehead atoms. The predicted octanol–water partition coefficient (Wildman–Crippen LogP) is 2.67. The molecule has 0 saturated carbocycles. The van der Waals surface area contributed by atoms with Crippen LogP contribution in [0.15, 0.2) is 18.2 Å². The van der Waals surface area contributed by atoms with Crippen LogP contribution in [0.25, 0.3) is 0 Å². The Morgan fingerprint density at radius 2 is 2.00 bits per heavy atom. The first-order chi connectivity index (χ1) is 6.77. The Labute approximate surface area is 85.1 Å². The second-order valence-electron chi connectivity index (χ2n) is 3.51. The first kappa shape index (κ1) is 11.2. The van der Waals surface area contributed by atoms with Gasteiger partial charge in [-0.1, -0.05) is 13.0 Å². The highest BCUT2D eigenvalue weighted by molar-refractivity contribution is 5.27. The molecular weight excluding hydrogens is 177 g/mol. The van der Waals surface area contributed by atoms with Crippen LogP contribution in [0.5, 0.6) is 0 Å². The predicted molar refractivity (Wildman–Crippen MR) is 57.8 cm³/mol. The van der Waals surface area contributed by atoms with Gasteiger partial charge in [-0.05, 0) is 55.5 Å². The fourth-order valence-corrected chi connectivity index (χ4v) is 1.63. The van der Waals surface area contributed by atoms with E-state index in [0.29, 0.717) is 0 Å². The number of rotatable bonds is 5. The topological polar surface area (TPSA) is 26.0 Å². The van der Waals surface area contributed by atoms with Crippen LogP contribution in [0.1, 0.15) is 30.9 Å². The van der Waals surface area contributed by atoms with Gasteiger partial charge >= 0.3 is 0 Å². The summed E-state index contributed by atoms with van der Waals surface area (Å²) < 4.78 is 13.0. The molecule has 1 aromatic rings. The third-order valence-corrected chi connectivity index (χ3v) is 2.45. The number of nitrogens with two attached hydrogens (primary N) is 1. The highest BCUT2D eigenvalue weighted by Gasteiger charge is 2.02. The minimum atomic E-state index is -0.134. The van der Waals surface area contributed by atoms with Gasteiger partial charge in [0.1, 0.15) is 5.82 Å². The maximum atomic E-state index is 13.0. The number of aryl methyl sites for hydroxylation is 2. The largest absolute Gasteiger partial charge is 0.330 e. The quantitative estimate of drug-likeness (QED) is 0.718. The maximum Gasteiger partial charge on any atom is 0.123 e. The van der Waals surface area contributed by atoms with Gasteiger partial charge in [0.15, 0.2) is 0 Å². The highest BCUT2D eigenvalue weighted by Crippen LogP contribution is 2.14. The molecule has 2 N–H and O–H groups in total. The molecule has 78 valence electrons. The van der Waals surface area contributed by atoms with Gasteiger partial charge in [-0.15, -0.1) is 0 Å². The van der Waals surface area contributed by atoms with Crippen LogP contribution in [-0.4, -0.2) is 6.54 Å². The molecular formula is C12H18FN. The third-order valence-electron chi connectivity index (χ3n) is 2.45. The maximum absolute atomic E-state index is 13.0. The van der Waals surface area contributed by atoms with Crippen LogP contribution in [0.4, 0.5) is 4.39 Å². The second-order valence-corrected chi connectivity index (χ2v) is 3.51. The molecule has 0 aliphatic carbocycles. The van der Waals surface area contributed by atoms with Crippen LogP contribution in [0.2, 0.25) is 0 Å². The summed E-state index contributed by atoms with van der Waals surface area (Å²) >= 11 is 0. The van der Waals surface area contributed by atoms with E-state index < -0.39 is 0 Å². The number of benzene rings is 1. The van der Waals surface area contributed by atoms with Gasteiger partial charge in [-0.2, -0.15) is 0 Å². The fraction of sp³-hybridized carbons (Fsp3) is 0.500. The smallest absolute Gasteiger partial charge is 0.123 e. The van der Waals surface area contributed by atoms with E-state index in [4.69, 9.17) is 5.73 Å². The molecule has 0 aromatic heterocycles. The zero-order chi connectivity index (χ0) is 10.4. The van der Waals surface area contributed by atoms with E-state index in [0.717, 1.165) is 37.8 Å². The molecule has 1 aromatic carbocycles.